The highest BCUT2D eigenvalue weighted by Crippen LogP contribution is 2.23. The predicted molar refractivity (Wildman–Crippen MR) is 102 cm³/mol. The summed E-state index contributed by atoms with van der Waals surface area (Å²) >= 11 is 7.49. The van der Waals surface area contributed by atoms with E-state index in [1.807, 2.05) is 29.6 Å². The summed E-state index contributed by atoms with van der Waals surface area (Å²) in [5.41, 5.74) is 2.58. The van der Waals surface area contributed by atoms with E-state index in [0.717, 1.165) is 22.0 Å². The van der Waals surface area contributed by atoms with Crippen LogP contribution in [0, 0.1) is 0 Å². The number of hydrogen-bond donors (Lipinski definition) is 1. The average Bonchev–Trinajstić information content (AvgIpc) is 3.11. The van der Waals surface area contributed by atoms with Gasteiger partial charge in [-0.05, 0) is 36.4 Å². The number of amides is 1. The van der Waals surface area contributed by atoms with Crippen molar-refractivity contribution >= 4 is 28.8 Å². The zero-order chi connectivity index (χ0) is 17.6. The van der Waals surface area contributed by atoms with E-state index in [0.29, 0.717) is 23.6 Å². The fourth-order valence-electron chi connectivity index (χ4n) is 2.31. The number of halogens is 1. The molecule has 4 nitrogen and oxygen atoms in total. The van der Waals surface area contributed by atoms with Crippen molar-refractivity contribution in [2.45, 2.75) is 6.42 Å². The van der Waals surface area contributed by atoms with Crippen molar-refractivity contribution < 1.29 is 9.53 Å². The van der Waals surface area contributed by atoms with Crippen molar-refractivity contribution in [1.29, 1.82) is 0 Å². The van der Waals surface area contributed by atoms with Crippen molar-refractivity contribution in [1.82, 2.24) is 10.3 Å². The molecule has 1 amide bonds. The number of hydrogen-bond acceptors (Lipinski definition) is 4. The molecule has 0 radical (unpaired) electrons. The Morgan fingerprint density at radius 1 is 1.16 bits per heavy atom. The normalized spacial score (nSPS) is 10.5. The van der Waals surface area contributed by atoms with Gasteiger partial charge in [-0.25, -0.2) is 4.98 Å². The number of aromatic nitrogens is 1. The van der Waals surface area contributed by atoms with Crippen LogP contribution >= 0.6 is 22.9 Å². The van der Waals surface area contributed by atoms with E-state index in [1.165, 1.54) is 0 Å². The molecule has 0 unspecified atom stereocenters. The molecule has 0 saturated heterocycles. The molecule has 6 heteroatoms. The summed E-state index contributed by atoms with van der Waals surface area (Å²) in [4.78, 5) is 16.7. The van der Waals surface area contributed by atoms with Crippen molar-refractivity contribution in [2.24, 2.45) is 0 Å². The number of nitrogens with zero attached hydrogens (tertiary/aromatic N) is 1. The lowest BCUT2D eigenvalue weighted by molar-refractivity contribution is 0.0954. The maximum absolute atomic E-state index is 12.1. The van der Waals surface area contributed by atoms with E-state index in [1.54, 1.807) is 42.7 Å². The first-order chi connectivity index (χ1) is 12.2. The van der Waals surface area contributed by atoms with Gasteiger partial charge in [-0.3, -0.25) is 4.79 Å². The fraction of sp³-hybridized carbons (Fsp3) is 0.158. The Bertz CT molecular complexity index is 845. The maximum Gasteiger partial charge on any atom is 0.251 e. The van der Waals surface area contributed by atoms with Crippen LogP contribution in [0.5, 0.6) is 5.75 Å². The molecular weight excluding hydrogens is 356 g/mol. The average molecular weight is 373 g/mol. The lowest BCUT2D eigenvalue weighted by Crippen LogP contribution is -2.25. The lowest BCUT2D eigenvalue weighted by atomic mass is 10.2. The third kappa shape index (κ3) is 4.59. The molecular formula is C19H17ClN2O2S. The van der Waals surface area contributed by atoms with E-state index < -0.39 is 0 Å². The van der Waals surface area contributed by atoms with Gasteiger partial charge in [0.1, 0.15) is 5.75 Å². The SMILES string of the molecule is COc1ccc(C(=O)NCCc2nc(-c3ccc(Cl)cc3)cs2)cc1. The van der Waals surface area contributed by atoms with Gasteiger partial charge >= 0.3 is 0 Å². The minimum absolute atomic E-state index is 0.0999. The maximum atomic E-state index is 12.1. The molecule has 25 heavy (non-hydrogen) atoms. The van der Waals surface area contributed by atoms with Gasteiger partial charge in [0, 0.05) is 34.5 Å². The van der Waals surface area contributed by atoms with Crippen molar-refractivity contribution in [3.05, 3.63) is 69.5 Å². The number of carbonyl (C=O) groups excluding carboxylic acids is 1. The Hall–Kier alpha value is -2.37. The molecule has 0 atom stereocenters. The molecule has 3 rings (SSSR count). The molecule has 0 saturated carbocycles. The summed E-state index contributed by atoms with van der Waals surface area (Å²) in [5, 5.41) is 6.62. The number of ether oxygens (including phenoxy) is 1. The molecule has 1 heterocycles. The van der Waals surface area contributed by atoms with Gasteiger partial charge in [-0.15, -0.1) is 11.3 Å². The second kappa shape index (κ2) is 8.14. The van der Waals surface area contributed by atoms with Crippen LogP contribution in [-0.4, -0.2) is 24.5 Å². The molecule has 0 bridgehead atoms. The van der Waals surface area contributed by atoms with Gasteiger partial charge in [0.2, 0.25) is 0 Å². The monoisotopic (exact) mass is 372 g/mol. The number of benzene rings is 2. The van der Waals surface area contributed by atoms with Crippen molar-refractivity contribution in [2.75, 3.05) is 13.7 Å². The van der Waals surface area contributed by atoms with Gasteiger partial charge in [0.15, 0.2) is 0 Å². The molecule has 0 aliphatic heterocycles. The van der Waals surface area contributed by atoms with Crippen LogP contribution < -0.4 is 10.1 Å². The highest BCUT2D eigenvalue weighted by atomic mass is 35.5. The predicted octanol–water partition coefficient (Wildman–Crippen LogP) is 4.44. The van der Waals surface area contributed by atoms with Crippen molar-refractivity contribution in [3.8, 4) is 17.0 Å². The zero-order valence-corrected chi connectivity index (χ0v) is 15.2. The van der Waals surface area contributed by atoms with Crippen molar-refractivity contribution in [3.63, 3.8) is 0 Å². The number of rotatable bonds is 6. The minimum atomic E-state index is -0.0999. The highest BCUT2D eigenvalue weighted by molar-refractivity contribution is 7.09. The first-order valence-electron chi connectivity index (χ1n) is 7.78. The van der Waals surface area contributed by atoms with Gasteiger partial charge in [-0.1, -0.05) is 23.7 Å². The second-order valence-electron chi connectivity index (χ2n) is 5.37. The molecule has 0 fully saturated rings. The highest BCUT2D eigenvalue weighted by Gasteiger charge is 2.07. The zero-order valence-electron chi connectivity index (χ0n) is 13.7. The largest absolute Gasteiger partial charge is 0.497 e. The molecule has 128 valence electrons. The summed E-state index contributed by atoms with van der Waals surface area (Å²) in [6, 6.07) is 14.6. The smallest absolute Gasteiger partial charge is 0.251 e. The van der Waals surface area contributed by atoms with Crippen LogP contribution in [0.2, 0.25) is 5.02 Å². The topological polar surface area (TPSA) is 51.2 Å². The van der Waals surface area contributed by atoms with Gasteiger partial charge in [-0.2, -0.15) is 0 Å². The lowest BCUT2D eigenvalue weighted by Gasteiger charge is -2.05. The van der Waals surface area contributed by atoms with Crippen LogP contribution in [0.4, 0.5) is 0 Å². The summed E-state index contributed by atoms with van der Waals surface area (Å²) in [5.74, 6) is 0.631. The van der Waals surface area contributed by atoms with Gasteiger partial charge < -0.3 is 10.1 Å². The first kappa shape index (κ1) is 17.5. The second-order valence-corrected chi connectivity index (χ2v) is 6.75. The van der Waals surface area contributed by atoms with E-state index in [4.69, 9.17) is 16.3 Å². The Morgan fingerprint density at radius 2 is 1.88 bits per heavy atom. The fourth-order valence-corrected chi connectivity index (χ4v) is 3.24. The molecule has 0 aliphatic carbocycles. The van der Waals surface area contributed by atoms with E-state index in [-0.39, 0.29) is 5.91 Å². The third-order valence-corrected chi connectivity index (χ3v) is 4.83. The van der Waals surface area contributed by atoms with Gasteiger partial charge in [0.05, 0.1) is 17.8 Å². The minimum Gasteiger partial charge on any atom is -0.497 e. The Labute approximate surface area is 155 Å². The van der Waals surface area contributed by atoms with Crippen LogP contribution in [-0.2, 0) is 6.42 Å². The number of thiazole rings is 1. The quantitative estimate of drug-likeness (QED) is 0.695. The summed E-state index contributed by atoms with van der Waals surface area (Å²) in [7, 11) is 1.60. The summed E-state index contributed by atoms with van der Waals surface area (Å²) < 4.78 is 5.09. The molecule has 1 aromatic heterocycles. The summed E-state index contributed by atoms with van der Waals surface area (Å²) in [6.07, 6.45) is 0.695. The Balaban J connectivity index is 1.53. The van der Waals surface area contributed by atoms with Crippen LogP contribution in [0.3, 0.4) is 0 Å². The van der Waals surface area contributed by atoms with Crippen LogP contribution in [0.1, 0.15) is 15.4 Å². The van der Waals surface area contributed by atoms with Crippen LogP contribution in [0.25, 0.3) is 11.3 Å². The van der Waals surface area contributed by atoms with E-state index in [2.05, 4.69) is 10.3 Å². The Morgan fingerprint density at radius 3 is 2.56 bits per heavy atom. The molecule has 0 spiro atoms. The molecule has 1 N–H and O–H groups in total. The van der Waals surface area contributed by atoms with Crippen LogP contribution in [0.15, 0.2) is 53.9 Å². The molecule has 0 aliphatic rings. The number of carbonyl (C=O) groups is 1. The molecule has 3 aromatic rings. The first-order valence-corrected chi connectivity index (χ1v) is 9.04. The molecule has 2 aromatic carbocycles. The Kier molecular flexibility index (Phi) is 5.68. The number of methoxy groups -OCH3 is 1. The number of nitrogens with one attached hydrogen (secondary N) is 1. The van der Waals surface area contributed by atoms with E-state index >= 15 is 0 Å². The van der Waals surface area contributed by atoms with E-state index in [9.17, 15) is 4.79 Å². The third-order valence-electron chi connectivity index (χ3n) is 3.67. The summed E-state index contributed by atoms with van der Waals surface area (Å²) in [6.45, 7) is 0.540. The standard InChI is InChI=1S/C19H17ClN2O2S/c1-24-16-8-4-14(5-9-16)19(23)21-11-10-18-22-17(12-25-18)13-2-6-15(20)7-3-13/h2-9,12H,10-11H2,1H3,(H,21,23). The van der Waals surface area contributed by atoms with Gasteiger partial charge in [0.25, 0.3) is 5.91 Å².